The van der Waals surface area contributed by atoms with Crippen LogP contribution in [0.2, 0.25) is 0 Å². The number of hydrogen-bond acceptors (Lipinski definition) is 1. The van der Waals surface area contributed by atoms with Crippen LogP contribution < -0.4 is 5.32 Å². The van der Waals surface area contributed by atoms with Gasteiger partial charge < -0.3 is 5.32 Å². The Labute approximate surface area is 48.9 Å². The first kappa shape index (κ1) is 6.99. The maximum atomic E-state index is 9.61. The van der Waals surface area contributed by atoms with E-state index in [4.69, 9.17) is 0 Å². The van der Waals surface area contributed by atoms with Gasteiger partial charge in [-0.05, 0) is 12.5 Å². The van der Waals surface area contributed by atoms with Crippen LogP contribution >= 0.6 is 0 Å². The third-order valence-electron chi connectivity index (χ3n) is 0.661. The Kier molecular flexibility index (Phi) is 5.23. The van der Waals surface area contributed by atoms with Gasteiger partial charge in [0.15, 0.2) is 0 Å². The van der Waals surface area contributed by atoms with E-state index < -0.39 is 0 Å². The topological polar surface area (TPSA) is 29.1 Å². The van der Waals surface area contributed by atoms with Crippen LogP contribution in [0, 0.1) is 0 Å². The second kappa shape index (κ2) is 5.99. The van der Waals surface area contributed by atoms with Crippen molar-refractivity contribution in [3.63, 3.8) is 0 Å². The van der Waals surface area contributed by atoms with Crippen molar-refractivity contribution in [1.29, 1.82) is 0 Å². The number of nitrogens with one attached hydrogen (secondary N) is 1. The number of carbonyl (C=O) groups is 1. The van der Waals surface area contributed by atoms with E-state index in [1.807, 2.05) is 0 Å². The molecule has 0 atom stereocenters. The van der Waals surface area contributed by atoms with Crippen molar-refractivity contribution < 1.29 is 4.79 Å². The lowest BCUT2D eigenvalue weighted by atomic mass is 10.4. The highest BCUT2D eigenvalue weighted by Gasteiger charge is 1.74. The molecule has 2 nitrogen and oxygen atoms in total. The molecule has 0 aromatic carbocycles. The van der Waals surface area contributed by atoms with Crippen LogP contribution in [0.25, 0.3) is 0 Å². The van der Waals surface area contributed by atoms with E-state index in [1.165, 1.54) is 0 Å². The van der Waals surface area contributed by atoms with Gasteiger partial charge in [-0.25, -0.2) is 0 Å². The highest BCUT2D eigenvalue weighted by atomic mass is 16.1. The molecule has 0 aliphatic rings. The monoisotopic (exact) mass is 111 g/mol. The predicted molar refractivity (Wildman–Crippen MR) is 32.4 cm³/mol. The number of hydrogen-bond donors (Lipinski definition) is 1. The quantitative estimate of drug-likeness (QED) is 0.319. The SMILES string of the molecule is C=C=CCCNC=O. The molecule has 0 radical (unpaired) electrons. The van der Waals surface area contributed by atoms with Gasteiger partial charge in [0, 0.05) is 6.54 Å². The van der Waals surface area contributed by atoms with E-state index in [0.717, 1.165) is 6.42 Å². The summed E-state index contributed by atoms with van der Waals surface area (Å²) in [6.45, 7) is 4.03. The van der Waals surface area contributed by atoms with Crippen LogP contribution in [0.5, 0.6) is 0 Å². The van der Waals surface area contributed by atoms with Gasteiger partial charge in [-0.2, -0.15) is 0 Å². The molecule has 2 heteroatoms. The summed E-state index contributed by atoms with van der Waals surface area (Å²) in [4.78, 5) is 9.61. The van der Waals surface area contributed by atoms with Crippen LogP contribution in [0.3, 0.4) is 0 Å². The molecule has 0 aromatic heterocycles. The lowest BCUT2D eigenvalue weighted by Crippen LogP contribution is -2.10. The smallest absolute Gasteiger partial charge is 0.207 e. The van der Waals surface area contributed by atoms with Crippen molar-refractivity contribution in [2.75, 3.05) is 6.54 Å². The number of carbonyl (C=O) groups excluding carboxylic acids is 1. The molecular weight excluding hydrogens is 102 g/mol. The molecule has 44 valence electrons. The second-order valence-corrected chi connectivity index (χ2v) is 1.27. The molecule has 0 unspecified atom stereocenters. The Morgan fingerprint density at radius 3 is 3.00 bits per heavy atom. The van der Waals surface area contributed by atoms with Gasteiger partial charge >= 0.3 is 0 Å². The van der Waals surface area contributed by atoms with Crippen LogP contribution in [0.15, 0.2) is 18.4 Å². The summed E-state index contributed by atoms with van der Waals surface area (Å²) >= 11 is 0. The van der Waals surface area contributed by atoms with Gasteiger partial charge in [0.1, 0.15) is 0 Å². The molecule has 8 heavy (non-hydrogen) atoms. The average Bonchev–Trinajstić information content (AvgIpc) is 1.81. The van der Waals surface area contributed by atoms with Gasteiger partial charge in [-0.1, -0.05) is 6.58 Å². The van der Waals surface area contributed by atoms with Gasteiger partial charge in [0.2, 0.25) is 6.41 Å². The Morgan fingerprint density at radius 1 is 1.75 bits per heavy atom. The first-order chi connectivity index (χ1) is 3.91. The second-order valence-electron chi connectivity index (χ2n) is 1.27. The number of rotatable bonds is 4. The summed E-state index contributed by atoms with van der Waals surface area (Å²) in [5, 5.41) is 2.50. The van der Waals surface area contributed by atoms with E-state index in [-0.39, 0.29) is 0 Å². The van der Waals surface area contributed by atoms with Crippen molar-refractivity contribution >= 4 is 6.41 Å². The molecular formula is C6H9NO. The molecule has 1 amide bonds. The minimum Gasteiger partial charge on any atom is -0.358 e. The van der Waals surface area contributed by atoms with Crippen molar-refractivity contribution in [1.82, 2.24) is 5.32 Å². The van der Waals surface area contributed by atoms with Crippen molar-refractivity contribution in [2.45, 2.75) is 6.42 Å². The normalized spacial score (nSPS) is 7.00. The van der Waals surface area contributed by atoms with E-state index in [2.05, 4.69) is 17.6 Å². The largest absolute Gasteiger partial charge is 0.358 e. The molecule has 0 heterocycles. The molecule has 0 saturated heterocycles. The zero-order valence-electron chi connectivity index (χ0n) is 4.68. The molecule has 0 rings (SSSR count). The van der Waals surface area contributed by atoms with Crippen molar-refractivity contribution in [2.24, 2.45) is 0 Å². The Hall–Kier alpha value is -1.01. The zero-order valence-corrected chi connectivity index (χ0v) is 4.68. The first-order valence-corrected chi connectivity index (χ1v) is 2.43. The fourth-order valence-electron chi connectivity index (χ4n) is 0.316. The standard InChI is InChI=1S/C6H9NO/c1-2-3-4-5-7-6-8/h3,6H,1,4-5H2,(H,7,8). The fourth-order valence-corrected chi connectivity index (χ4v) is 0.316. The van der Waals surface area contributed by atoms with Gasteiger partial charge in [-0.15, -0.1) is 5.73 Å². The summed E-state index contributed by atoms with van der Waals surface area (Å²) in [5.41, 5.74) is 2.60. The fraction of sp³-hybridized carbons (Fsp3) is 0.333. The van der Waals surface area contributed by atoms with Gasteiger partial charge in [-0.3, -0.25) is 4.79 Å². The number of amides is 1. The lowest BCUT2D eigenvalue weighted by molar-refractivity contribution is -0.109. The van der Waals surface area contributed by atoms with Gasteiger partial charge in [0.05, 0.1) is 0 Å². The maximum Gasteiger partial charge on any atom is 0.207 e. The third-order valence-corrected chi connectivity index (χ3v) is 0.661. The molecule has 0 spiro atoms. The highest BCUT2D eigenvalue weighted by Crippen LogP contribution is 1.73. The minimum absolute atomic E-state index is 0.673. The first-order valence-electron chi connectivity index (χ1n) is 2.43. The predicted octanol–water partition coefficient (Wildman–Crippen LogP) is 0.464. The van der Waals surface area contributed by atoms with E-state index >= 15 is 0 Å². The van der Waals surface area contributed by atoms with Crippen molar-refractivity contribution in [3.05, 3.63) is 18.4 Å². The Morgan fingerprint density at radius 2 is 2.50 bits per heavy atom. The molecule has 1 N–H and O–H groups in total. The lowest BCUT2D eigenvalue weighted by Gasteiger charge is -1.87. The van der Waals surface area contributed by atoms with Crippen LogP contribution in [-0.2, 0) is 4.79 Å². The van der Waals surface area contributed by atoms with Crippen LogP contribution in [-0.4, -0.2) is 13.0 Å². The minimum atomic E-state index is 0.673. The van der Waals surface area contributed by atoms with Gasteiger partial charge in [0.25, 0.3) is 0 Å². The molecule has 0 fully saturated rings. The van der Waals surface area contributed by atoms with Crippen LogP contribution in [0.4, 0.5) is 0 Å². The third kappa shape index (κ3) is 4.99. The highest BCUT2D eigenvalue weighted by molar-refractivity contribution is 5.45. The van der Waals surface area contributed by atoms with Crippen molar-refractivity contribution in [3.8, 4) is 0 Å². The molecule has 0 saturated carbocycles. The Bertz CT molecular complexity index is 103. The summed E-state index contributed by atoms with van der Waals surface area (Å²) in [7, 11) is 0. The average molecular weight is 111 g/mol. The van der Waals surface area contributed by atoms with E-state index in [0.29, 0.717) is 13.0 Å². The summed E-state index contributed by atoms with van der Waals surface area (Å²) < 4.78 is 0. The molecule has 0 aliphatic heterocycles. The summed E-state index contributed by atoms with van der Waals surface area (Å²) in [5.74, 6) is 0. The maximum absolute atomic E-state index is 9.61. The van der Waals surface area contributed by atoms with E-state index in [9.17, 15) is 4.79 Å². The molecule has 0 aromatic rings. The summed E-state index contributed by atoms with van der Waals surface area (Å²) in [6.07, 6.45) is 3.26. The Balaban J connectivity index is 2.93. The summed E-state index contributed by atoms with van der Waals surface area (Å²) in [6, 6.07) is 0. The molecule has 0 bridgehead atoms. The van der Waals surface area contributed by atoms with E-state index in [1.54, 1.807) is 6.08 Å². The molecule has 0 aliphatic carbocycles. The zero-order chi connectivity index (χ0) is 6.24. The van der Waals surface area contributed by atoms with Crippen LogP contribution in [0.1, 0.15) is 6.42 Å².